The summed E-state index contributed by atoms with van der Waals surface area (Å²) in [7, 11) is 0. The molecule has 2 N–H and O–H groups in total. The van der Waals surface area contributed by atoms with Crippen molar-refractivity contribution < 1.29 is 9.53 Å². The average molecular weight is 311 g/mol. The molecule has 116 valence electrons. The van der Waals surface area contributed by atoms with E-state index in [0.29, 0.717) is 23.4 Å². The number of hydrogen-bond donors (Lipinski definition) is 2. The van der Waals surface area contributed by atoms with Gasteiger partial charge in [0.25, 0.3) is 5.91 Å². The predicted molar refractivity (Wildman–Crippen MR) is 84.7 cm³/mol. The minimum absolute atomic E-state index is 0.0322. The van der Waals surface area contributed by atoms with E-state index in [9.17, 15) is 4.79 Å². The summed E-state index contributed by atoms with van der Waals surface area (Å²) >= 11 is 6.28. The van der Waals surface area contributed by atoms with Crippen molar-refractivity contribution in [1.82, 2.24) is 10.6 Å². The summed E-state index contributed by atoms with van der Waals surface area (Å²) in [5, 5.41) is 6.89. The highest BCUT2D eigenvalue weighted by atomic mass is 35.5. The predicted octanol–water partition coefficient (Wildman–Crippen LogP) is 2.89. The van der Waals surface area contributed by atoms with Gasteiger partial charge in [-0.1, -0.05) is 31.5 Å². The number of hydrogen-bond acceptors (Lipinski definition) is 3. The number of halogens is 1. The quantitative estimate of drug-likeness (QED) is 0.879. The fourth-order valence-corrected chi connectivity index (χ4v) is 2.54. The molecule has 1 aromatic carbocycles. The van der Waals surface area contributed by atoms with Gasteiger partial charge in [-0.2, -0.15) is 0 Å². The van der Waals surface area contributed by atoms with Crippen LogP contribution in [0.25, 0.3) is 0 Å². The first-order valence-corrected chi connectivity index (χ1v) is 7.91. The number of benzene rings is 1. The lowest BCUT2D eigenvalue weighted by Gasteiger charge is -2.20. The van der Waals surface area contributed by atoms with Crippen LogP contribution in [0.1, 0.15) is 38.7 Å². The highest BCUT2D eigenvalue weighted by Gasteiger charge is 2.23. The Morgan fingerprint density at radius 1 is 1.43 bits per heavy atom. The normalized spacial score (nSPS) is 19.2. The Bertz CT molecular complexity index is 491. The van der Waals surface area contributed by atoms with Gasteiger partial charge in [-0.05, 0) is 31.4 Å². The SMILES string of the molecule is CC(C)NCc1c(Cl)cccc1OC1CCCCNC1=O. The topological polar surface area (TPSA) is 50.4 Å². The molecular weight excluding hydrogens is 288 g/mol. The third-order valence-corrected chi connectivity index (χ3v) is 3.87. The van der Waals surface area contributed by atoms with Gasteiger partial charge in [-0.3, -0.25) is 4.79 Å². The molecule has 1 heterocycles. The summed E-state index contributed by atoms with van der Waals surface area (Å²) in [6, 6.07) is 5.93. The van der Waals surface area contributed by atoms with E-state index in [-0.39, 0.29) is 5.91 Å². The molecule has 1 aromatic rings. The molecular formula is C16H23ClN2O2. The Balaban J connectivity index is 2.14. The van der Waals surface area contributed by atoms with E-state index in [4.69, 9.17) is 16.3 Å². The summed E-state index contributed by atoms with van der Waals surface area (Å²) in [6.07, 6.45) is 2.31. The first-order valence-electron chi connectivity index (χ1n) is 7.53. The minimum Gasteiger partial charge on any atom is -0.480 e. The van der Waals surface area contributed by atoms with E-state index < -0.39 is 6.10 Å². The summed E-state index contributed by atoms with van der Waals surface area (Å²) in [4.78, 5) is 12.0. The monoisotopic (exact) mass is 310 g/mol. The summed E-state index contributed by atoms with van der Waals surface area (Å²) in [5.74, 6) is 0.660. The van der Waals surface area contributed by atoms with Crippen LogP contribution < -0.4 is 15.4 Å². The lowest BCUT2D eigenvalue weighted by molar-refractivity contribution is -0.127. The second-order valence-corrected chi connectivity index (χ2v) is 6.05. The molecule has 0 radical (unpaired) electrons. The fourth-order valence-electron chi connectivity index (χ4n) is 2.30. The smallest absolute Gasteiger partial charge is 0.261 e. The minimum atomic E-state index is -0.427. The Labute approximate surface area is 131 Å². The molecule has 0 aromatic heterocycles. The molecule has 1 amide bonds. The summed E-state index contributed by atoms with van der Waals surface area (Å²) in [5.41, 5.74) is 0.907. The van der Waals surface area contributed by atoms with Gasteiger partial charge >= 0.3 is 0 Å². The Hall–Kier alpha value is -1.26. The molecule has 1 aliphatic rings. The molecule has 1 atom stereocenters. The highest BCUT2D eigenvalue weighted by molar-refractivity contribution is 6.31. The van der Waals surface area contributed by atoms with Crippen LogP contribution in [0.2, 0.25) is 5.02 Å². The van der Waals surface area contributed by atoms with E-state index in [2.05, 4.69) is 24.5 Å². The van der Waals surface area contributed by atoms with E-state index >= 15 is 0 Å². The number of nitrogens with one attached hydrogen (secondary N) is 2. The molecule has 0 aliphatic carbocycles. The molecule has 0 saturated carbocycles. The number of carbonyl (C=O) groups is 1. The molecule has 0 spiro atoms. The lowest BCUT2D eigenvalue weighted by Crippen LogP contribution is -2.36. The van der Waals surface area contributed by atoms with Crippen molar-refractivity contribution in [2.45, 2.75) is 51.8 Å². The van der Waals surface area contributed by atoms with Gasteiger partial charge in [0, 0.05) is 29.7 Å². The zero-order valence-electron chi connectivity index (χ0n) is 12.6. The maximum absolute atomic E-state index is 12.0. The average Bonchev–Trinajstić information content (AvgIpc) is 2.63. The van der Waals surface area contributed by atoms with Crippen LogP contribution >= 0.6 is 11.6 Å². The van der Waals surface area contributed by atoms with Crippen LogP contribution in [0.3, 0.4) is 0 Å². The molecule has 1 fully saturated rings. The van der Waals surface area contributed by atoms with Gasteiger partial charge in [0.1, 0.15) is 5.75 Å². The van der Waals surface area contributed by atoms with Crippen LogP contribution in [-0.4, -0.2) is 24.6 Å². The van der Waals surface area contributed by atoms with Gasteiger partial charge in [0.2, 0.25) is 0 Å². The van der Waals surface area contributed by atoms with Crippen LogP contribution in [0.4, 0.5) is 0 Å². The fraction of sp³-hybridized carbons (Fsp3) is 0.562. The molecule has 5 heteroatoms. The molecule has 1 saturated heterocycles. The van der Waals surface area contributed by atoms with Gasteiger partial charge in [0.15, 0.2) is 6.10 Å². The molecule has 4 nitrogen and oxygen atoms in total. The Kier molecular flexibility index (Phi) is 5.88. The number of amides is 1. The molecule has 2 rings (SSSR count). The number of rotatable bonds is 5. The van der Waals surface area contributed by atoms with Gasteiger partial charge in [0.05, 0.1) is 0 Å². The van der Waals surface area contributed by atoms with Crippen molar-refractivity contribution in [1.29, 1.82) is 0 Å². The number of carbonyl (C=O) groups excluding carboxylic acids is 1. The summed E-state index contributed by atoms with van der Waals surface area (Å²) < 4.78 is 5.96. The van der Waals surface area contributed by atoms with Crippen molar-refractivity contribution in [3.63, 3.8) is 0 Å². The largest absolute Gasteiger partial charge is 0.480 e. The second-order valence-electron chi connectivity index (χ2n) is 5.65. The van der Waals surface area contributed by atoms with E-state index in [1.807, 2.05) is 18.2 Å². The third-order valence-electron chi connectivity index (χ3n) is 3.52. The molecule has 1 unspecified atom stereocenters. The van der Waals surface area contributed by atoms with Crippen molar-refractivity contribution in [3.8, 4) is 5.75 Å². The number of ether oxygens (including phenoxy) is 1. The highest BCUT2D eigenvalue weighted by Crippen LogP contribution is 2.28. The van der Waals surface area contributed by atoms with Gasteiger partial charge < -0.3 is 15.4 Å². The first-order chi connectivity index (χ1) is 10.1. The molecule has 1 aliphatic heterocycles. The Morgan fingerprint density at radius 3 is 3.00 bits per heavy atom. The van der Waals surface area contributed by atoms with Crippen molar-refractivity contribution in [2.24, 2.45) is 0 Å². The standard InChI is InChI=1S/C16H23ClN2O2/c1-11(2)19-10-12-13(17)6-5-8-14(12)21-15-7-3-4-9-18-16(15)20/h5-6,8,11,15,19H,3-4,7,9-10H2,1-2H3,(H,18,20). The summed E-state index contributed by atoms with van der Waals surface area (Å²) in [6.45, 7) is 5.52. The maximum atomic E-state index is 12.0. The van der Waals surface area contributed by atoms with Crippen LogP contribution in [0.5, 0.6) is 5.75 Å². The van der Waals surface area contributed by atoms with Crippen molar-refractivity contribution >= 4 is 17.5 Å². The zero-order valence-corrected chi connectivity index (χ0v) is 13.4. The molecule has 0 bridgehead atoms. The maximum Gasteiger partial charge on any atom is 0.261 e. The van der Waals surface area contributed by atoms with Crippen molar-refractivity contribution in [3.05, 3.63) is 28.8 Å². The lowest BCUT2D eigenvalue weighted by atomic mass is 10.1. The van der Waals surface area contributed by atoms with E-state index in [1.54, 1.807) is 0 Å². The second kappa shape index (κ2) is 7.66. The van der Waals surface area contributed by atoms with Gasteiger partial charge in [-0.15, -0.1) is 0 Å². The first kappa shape index (κ1) is 16.1. The van der Waals surface area contributed by atoms with E-state index in [0.717, 1.165) is 31.4 Å². The van der Waals surface area contributed by atoms with Crippen LogP contribution in [0.15, 0.2) is 18.2 Å². The van der Waals surface area contributed by atoms with E-state index in [1.165, 1.54) is 0 Å². The van der Waals surface area contributed by atoms with Gasteiger partial charge in [-0.25, -0.2) is 0 Å². The van der Waals surface area contributed by atoms with Crippen molar-refractivity contribution in [2.75, 3.05) is 6.54 Å². The third kappa shape index (κ3) is 4.61. The Morgan fingerprint density at radius 2 is 2.24 bits per heavy atom. The van der Waals surface area contributed by atoms with Crippen LogP contribution in [-0.2, 0) is 11.3 Å². The zero-order chi connectivity index (χ0) is 15.2. The molecule has 21 heavy (non-hydrogen) atoms. The van der Waals surface area contributed by atoms with Crippen LogP contribution in [0, 0.1) is 0 Å².